The third kappa shape index (κ3) is 1.40. The molecule has 2 heterocycles. The van der Waals surface area contributed by atoms with E-state index in [1.54, 1.807) is 0 Å². The molecule has 0 aromatic heterocycles. The summed E-state index contributed by atoms with van der Waals surface area (Å²) in [7, 11) is 2.26. The van der Waals surface area contributed by atoms with Gasteiger partial charge in [-0.3, -0.25) is 9.80 Å². The van der Waals surface area contributed by atoms with Crippen molar-refractivity contribution in [2.75, 3.05) is 26.7 Å². The van der Waals surface area contributed by atoms with Crippen LogP contribution in [0.4, 0.5) is 0 Å². The lowest BCUT2D eigenvalue weighted by Crippen LogP contribution is -2.65. The Balaban J connectivity index is 2.19. The Kier molecular flexibility index (Phi) is 1.97. The number of likely N-dealkylation sites (N-methyl/N-ethyl adjacent to an activating group) is 1. The van der Waals surface area contributed by atoms with Crippen molar-refractivity contribution in [3.63, 3.8) is 0 Å². The van der Waals surface area contributed by atoms with E-state index in [4.69, 9.17) is 0 Å². The molecule has 2 fully saturated rings. The smallest absolute Gasteiger partial charge is 0.0309 e. The minimum Gasteiger partial charge on any atom is -0.298 e. The van der Waals surface area contributed by atoms with E-state index in [1.165, 1.54) is 32.5 Å². The van der Waals surface area contributed by atoms with Crippen LogP contribution in [0.2, 0.25) is 0 Å². The largest absolute Gasteiger partial charge is 0.298 e. The van der Waals surface area contributed by atoms with E-state index in [0.29, 0.717) is 11.1 Å². The van der Waals surface area contributed by atoms with Crippen molar-refractivity contribution in [1.29, 1.82) is 0 Å². The Hall–Kier alpha value is -0.0800. The lowest BCUT2D eigenvalue weighted by molar-refractivity contribution is -0.0270. The summed E-state index contributed by atoms with van der Waals surface area (Å²) in [6.07, 6.45) is 2.77. The summed E-state index contributed by atoms with van der Waals surface area (Å²) in [5.41, 5.74) is 0.841. The Morgan fingerprint density at radius 1 is 1.08 bits per heavy atom. The molecule has 0 amide bonds. The molecule has 1 atom stereocenters. The molecule has 2 heteroatoms. The SMILES string of the molecule is CN1C[C@]2(C)CCCN2CC1(C)C. The topological polar surface area (TPSA) is 6.48 Å². The van der Waals surface area contributed by atoms with E-state index in [2.05, 4.69) is 37.6 Å². The normalized spacial score (nSPS) is 40.6. The number of piperazine rings is 1. The number of hydrogen-bond acceptors (Lipinski definition) is 2. The molecule has 2 rings (SSSR count). The zero-order valence-corrected chi connectivity index (χ0v) is 9.43. The summed E-state index contributed by atoms with van der Waals surface area (Å²) in [5, 5.41) is 0. The molecule has 2 nitrogen and oxygen atoms in total. The van der Waals surface area contributed by atoms with Crippen LogP contribution in [0.5, 0.6) is 0 Å². The molecule has 2 aliphatic heterocycles. The molecule has 0 aliphatic carbocycles. The Morgan fingerprint density at radius 3 is 2.46 bits per heavy atom. The zero-order chi connectivity index (χ0) is 9.69. The third-order valence-corrected chi connectivity index (χ3v) is 4.10. The van der Waals surface area contributed by atoms with Crippen molar-refractivity contribution in [3.8, 4) is 0 Å². The molecule has 0 spiro atoms. The molecule has 0 radical (unpaired) electrons. The summed E-state index contributed by atoms with van der Waals surface area (Å²) in [5.74, 6) is 0. The number of rotatable bonds is 0. The van der Waals surface area contributed by atoms with Crippen LogP contribution >= 0.6 is 0 Å². The first-order chi connectivity index (χ1) is 5.94. The highest BCUT2D eigenvalue weighted by atomic mass is 15.3. The second-order valence-electron chi connectivity index (χ2n) is 5.69. The molecule has 0 saturated carbocycles. The van der Waals surface area contributed by atoms with Crippen LogP contribution in [-0.2, 0) is 0 Å². The zero-order valence-electron chi connectivity index (χ0n) is 9.43. The fourth-order valence-corrected chi connectivity index (χ4v) is 2.84. The number of nitrogens with zero attached hydrogens (tertiary/aromatic N) is 2. The molecule has 2 saturated heterocycles. The molecule has 0 aromatic rings. The van der Waals surface area contributed by atoms with Crippen LogP contribution in [0.1, 0.15) is 33.6 Å². The number of hydrogen-bond donors (Lipinski definition) is 0. The van der Waals surface area contributed by atoms with E-state index in [1.807, 2.05) is 0 Å². The lowest BCUT2D eigenvalue weighted by atomic mass is 9.89. The maximum Gasteiger partial charge on any atom is 0.0309 e. The van der Waals surface area contributed by atoms with Gasteiger partial charge in [0.25, 0.3) is 0 Å². The van der Waals surface area contributed by atoms with Crippen molar-refractivity contribution in [3.05, 3.63) is 0 Å². The molecule has 0 bridgehead atoms. The number of fused-ring (bicyclic) bond motifs is 1. The average Bonchev–Trinajstić information content (AvgIpc) is 2.31. The van der Waals surface area contributed by atoms with Crippen molar-refractivity contribution >= 4 is 0 Å². The van der Waals surface area contributed by atoms with Crippen LogP contribution < -0.4 is 0 Å². The van der Waals surface area contributed by atoms with Gasteiger partial charge in [-0.2, -0.15) is 0 Å². The molecule has 0 N–H and O–H groups in total. The first kappa shape index (κ1) is 9.47. The Morgan fingerprint density at radius 2 is 1.77 bits per heavy atom. The molecular formula is C11H22N2. The van der Waals surface area contributed by atoms with E-state index < -0.39 is 0 Å². The molecule has 76 valence electrons. The highest BCUT2D eigenvalue weighted by Gasteiger charge is 2.46. The van der Waals surface area contributed by atoms with Gasteiger partial charge in [0, 0.05) is 24.2 Å². The lowest BCUT2D eigenvalue weighted by Gasteiger charge is -2.52. The van der Waals surface area contributed by atoms with Gasteiger partial charge in [0.05, 0.1) is 0 Å². The van der Waals surface area contributed by atoms with Crippen LogP contribution in [0.15, 0.2) is 0 Å². The maximum absolute atomic E-state index is 2.69. The minimum atomic E-state index is 0.365. The summed E-state index contributed by atoms with van der Waals surface area (Å²) < 4.78 is 0. The first-order valence-corrected chi connectivity index (χ1v) is 5.40. The quantitative estimate of drug-likeness (QED) is 0.561. The van der Waals surface area contributed by atoms with Crippen LogP contribution in [0, 0.1) is 0 Å². The first-order valence-electron chi connectivity index (χ1n) is 5.40. The maximum atomic E-state index is 2.69. The summed E-state index contributed by atoms with van der Waals surface area (Å²) in [6, 6.07) is 0. The fraction of sp³-hybridized carbons (Fsp3) is 1.00. The monoisotopic (exact) mass is 182 g/mol. The molecule has 13 heavy (non-hydrogen) atoms. The van der Waals surface area contributed by atoms with Gasteiger partial charge in [-0.15, -0.1) is 0 Å². The second kappa shape index (κ2) is 2.71. The highest BCUT2D eigenvalue weighted by Crippen LogP contribution is 2.36. The van der Waals surface area contributed by atoms with E-state index in [0.717, 1.165) is 0 Å². The van der Waals surface area contributed by atoms with Gasteiger partial charge < -0.3 is 0 Å². The second-order valence-corrected chi connectivity index (χ2v) is 5.69. The van der Waals surface area contributed by atoms with Gasteiger partial charge in [0.15, 0.2) is 0 Å². The van der Waals surface area contributed by atoms with Gasteiger partial charge in [0.2, 0.25) is 0 Å². The van der Waals surface area contributed by atoms with Crippen molar-refractivity contribution in [2.24, 2.45) is 0 Å². The van der Waals surface area contributed by atoms with Crippen LogP contribution in [0.25, 0.3) is 0 Å². The summed E-state index contributed by atoms with van der Waals surface area (Å²) in [6.45, 7) is 10.9. The third-order valence-electron chi connectivity index (χ3n) is 4.10. The minimum absolute atomic E-state index is 0.365. The Labute approximate surface area is 81.9 Å². The fourth-order valence-electron chi connectivity index (χ4n) is 2.84. The summed E-state index contributed by atoms with van der Waals surface area (Å²) >= 11 is 0. The van der Waals surface area contributed by atoms with Gasteiger partial charge in [0.1, 0.15) is 0 Å². The standard InChI is InChI=1S/C11H22N2/c1-10(2)8-13-7-5-6-11(13,3)9-12(10)4/h5-9H2,1-4H3/t11-/m0/s1. The van der Waals surface area contributed by atoms with Crippen LogP contribution in [-0.4, -0.2) is 47.6 Å². The van der Waals surface area contributed by atoms with Crippen molar-refractivity contribution < 1.29 is 0 Å². The average molecular weight is 182 g/mol. The molecule has 0 unspecified atom stereocenters. The van der Waals surface area contributed by atoms with Crippen molar-refractivity contribution in [1.82, 2.24) is 9.80 Å². The highest BCUT2D eigenvalue weighted by molar-refractivity contribution is 5.03. The summed E-state index contributed by atoms with van der Waals surface area (Å²) in [4.78, 5) is 5.21. The molecular weight excluding hydrogens is 160 g/mol. The van der Waals surface area contributed by atoms with Crippen LogP contribution in [0.3, 0.4) is 0 Å². The van der Waals surface area contributed by atoms with Gasteiger partial charge in [-0.1, -0.05) is 0 Å². The van der Waals surface area contributed by atoms with E-state index in [-0.39, 0.29) is 0 Å². The molecule has 2 aliphatic rings. The van der Waals surface area contributed by atoms with Gasteiger partial charge in [-0.25, -0.2) is 0 Å². The predicted octanol–water partition coefficient (Wildman–Crippen LogP) is 1.56. The van der Waals surface area contributed by atoms with E-state index in [9.17, 15) is 0 Å². The Bertz CT molecular complexity index is 212. The van der Waals surface area contributed by atoms with Crippen molar-refractivity contribution in [2.45, 2.75) is 44.7 Å². The predicted molar refractivity (Wildman–Crippen MR) is 55.9 cm³/mol. The van der Waals surface area contributed by atoms with Gasteiger partial charge in [-0.05, 0) is 47.2 Å². The van der Waals surface area contributed by atoms with E-state index >= 15 is 0 Å². The van der Waals surface area contributed by atoms with Gasteiger partial charge >= 0.3 is 0 Å². The molecule has 0 aromatic carbocycles.